The van der Waals surface area contributed by atoms with E-state index < -0.39 is 0 Å². The van der Waals surface area contributed by atoms with Crippen LogP contribution in [0.1, 0.15) is 6.42 Å². The van der Waals surface area contributed by atoms with Gasteiger partial charge in [0.15, 0.2) is 0 Å². The maximum atomic E-state index is 11.8. The zero-order valence-electron chi connectivity index (χ0n) is 8.74. The Balaban J connectivity index is 2.43. The molecular weight excluding hydrogens is 338 g/mol. The molecule has 5 heteroatoms. The number of anilines is 1. The molecule has 1 aromatic rings. The molecule has 1 unspecified atom stereocenters. The van der Waals surface area contributed by atoms with Crippen LogP contribution in [0.25, 0.3) is 0 Å². The normalized spacial score (nSPS) is 20.3. The van der Waals surface area contributed by atoms with Crippen molar-refractivity contribution in [3.63, 3.8) is 0 Å². The van der Waals surface area contributed by atoms with Gasteiger partial charge in [-0.2, -0.15) is 0 Å². The highest BCUT2D eigenvalue weighted by molar-refractivity contribution is 9.10. The number of ether oxygens (including phenoxy) is 1. The van der Waals surface area contributed by atoms with E-state index in [1.54, 1.807) is 12.0 Å². The van der Waals surface area contributed by atoms with Gasteiger partial charge < -0.3 is 9.64 Å². The number of amides is 1. The molecule has 0 radical (unpaired) electrons. The Labute approximate surface area is 111 Å². The van der Waals surface area contributed by atoms with Gasteiger partial charge in [0.1, 0.15) is 11.4 Å². The number of hydrogen-bond acceptors (Lipinski definition) is 2. The molecule has 1 aromatic carbocycles. The van der Waals surface area contributed by atoms with E-state index in [0.29, 0.717) is 18.7 Å². The number of benzene rings is 1. The third kappa shape index (κ3) is 2.11. The molecule has 1 aliphatic heterocycles. The van der Waals surface area contributed by atoms with E-state index in [1.165, 1.54) is 0 Å². The van der Waals surface area contributed by atoms with Crippen LogP contribution in [-0.4, -0.2) is 24.4 Å². The summed E-state index contributed by atoms with van der Waals surface area (Å²) in [4.78, 5) is 13.8. The molecule has 1 aliphatic rings. The molecule has 1 atom stereocenters. The SMILES string of the molecule is COc1cccc(Br)c1N1CC(Br)CC1=O. The molecule has 1 amide bonds. The second-order valence-corrected chi connectivity index (χ2v) is 5.75. The van der Waals surface area contributed by atoms with Gasteiger partial charge in [0, 0.05) is 22.3 Å². The van der Waals surface area contributed by atoms with Crippen LogP contribution in [0.2, 0.25) is 0 Å². The molecule has 0 bridgehead atoms. The van der Waals surface area contributed by atoms with Crippen LogP contribution in [0.4, 0.5) is 5.69 Å². The molecule has 0 N–H and O–H groups in total. The Kier molecular flexibility index (Phi) is 3.54. The molecule has 0 aliphatic carbocycles. The molecule has 1 fully saturated rings. The quantitative estimate of drug-likeness (QED) is 0.769. The van der Waals surface area contributed by atoms with Gasteiger partial charge in [-0.15, -0.1) is 0 Å². The van der Waals surface area contributed by atoms with Crippen LogP contribution < -0.4 is 9.64 Å². The smallest absolute Gasteiger partial charge is 0.228 e. The lowest BCUT2D eigenvalue weighted by Crippen LogP contribution is -2.25. The predicted molar refractivity (Wildman–Crippen MR) is 70.4 cm³/mol. The first kappa shape index (κ1) is 11.9. The number of carbonyl (C=O) groups excluding carboxylic acids is 1. The molecule has 86 valence electrons. The summed E-state index contributed by atoms with van der Waals surface area (Å²) in [5.74, 6) is 0.830. The van der Waals surface area contributed by atoms with Gasteiger partial charge in [0.05, 0.1) is 7.11 Å². The van der Waals surface area contributed by atoms with Gasteiger partial charge in [-0.1, -0.05) is 22.0 Å². The Bertz CT molecular complexity index is 422. The second-order valence-electron chi connectivity index (χ2n) is 3.60. The maximum absolute atomic E-state index is 11.8. The lowest BCUT2D eigenvalue weighted by atomic mass is 10.2. The predicted octanol–water partition coefficient (Wildman–Crippen LogP) is 2.96. The zero-order chi connectivity index (χ0) is 11.7. The first-order valence-corrected chi connectivity index (χ1v) is 6.61. The van der Waals surface area contributed by atoms with E-state index in [4.69, 9.17) is 4.74 Å². The largest absolute Gasteiger partial charge is 0.495 e. The monoisotopic (exact) mass is 347 g/mol. The highest BCUT2D eigenvalue weighted by atomic mass is 79.9. The van der Waals surface area contributed by atoms with E-state index in [1.807, 2.05) is 18.2 Å². The van der Waals surface area contributed by atoms with Crippen molar-refractivity contribution in [2.45, 2.75) is 11.2 Å². The summed E-state index contributed by atoms with van der Waals surface area (Å²) < 4.78 is 6.16. The number of rotatable bonds is 2. The van der Waals surface area contributed by atoms with Crippen LogP contribution in [0.3, 0.4) is 0 Å². The number of alkyl halides is 1. The number of para-hydroxylation sites is 1. The van der Waals surface area contributed by atoms with Gasteiger partial charge in [-0.05, 0) is 28.1 Å². The van der Waals surface area contributed by atoms with Gasteiger partial charge >= 0.3 is 0 Å². The Hall–Kier alpha value is -0.550. The highest BCUT2D eigenvalue weighted by Crippen LogP contribution is 2.38. The molecule has 1 heterocycles. The molecule has 16 heavy (non-hydrogen) atoms. The van der Waals surface area contributed by atoms with E-state index >= 15 is 0 Å². The molecule has 2 rings (SSSR count). The Morgan fingerprint density at radius 3 is 2.81 bits per heavy atom. The summed E-state index contributed by atoms with van der Waals surface area (Å²) in [5, 5.41) is 0. The third-order valence-corrected chi connectivity index (χ3v) is 3.77. The fraction of sp³-hybridized carbons (Fsp3) is 0.364. The lowest BCUT2D eigenvalue weighted by molar-refractivity contribution is -0.117. The Morgan fingerprint density at radius 1 is 1.50 bits per heavy atom. The van der Waals surface area contributed by atoms with E-state index in [9.17, 15) is 4.79 Å². The minimum absolute atomic E-state index is 0.118. The van der Waals surface area contributed by atoms with E-state index in [-0.39, 0.29) is 10.7 Å². The number of nitrogens with zero attached hydrogens (tertiary/aromatic N) is 1. The Morgan fingerprint density at radius 2 is 2.25 bits per heavy atom. The van der Waals surface area contributed by atoms with Crippen molar-refractivity contribution < 1.29 is 9.53 Å². The van der Waals surface area contributed by atoms with Crippen LogP contribution >= 0.6 is 31.9 Å². The van der Waals surface area contributed by atoms with Crippen molar-refractivity contribution in [2.24, 2.45) is 0 Å². The molecule has 0 aromatic heterocycles. The van der Waals surface area contributed by atoms with E-state index in [2.05, 4.69) is 31.9 Å². The average Bonchev–Trinajstić information content (AvgIpc) is 2.57. The van der Waals surface area contributed by atoms with Gasteiger partial charge in [-0.3, -0.25) is 4.79 Å². The van der Waals surface area contributed by atoms with Crippen molar-refractivity contribution in [3.8, 4) is 5.75 Å². The van der Waals surface area contributed by atoms with Gasteiger partial charge in [-0.25, -0.2) is 0 Å². The second kappa shape index (κ2) is 4.75. The van der Waals surface area contributed by atoms with Crippen LogP contribution in [0.15, 0.2) is 22.7 Å². The molecule has 0 spiro atoms. The first-order valence-electron chi connectivity index (χ1n) is 4.90. The summed E-state index contributed by atoms with van der Waals surface area (Å²) in [6.45, 7) is 0.678. The van der Waals surface area contributed by atoms with Crippen molar-refractivity contribution in [3.05, 3.63) is 22.7 Å². The average molecular weight is 349 g/mol. The number of hydrogen-bond donors (Lipinski definition) is 0. The summed E-state index contributed by atoms with van der Waals surface area (Å²) in [6.07, 6.45) is 0.532. The summed E-state index contributed by atoms with van der Waals surface area (Å²) in [7, 11) is 1.61. The zero-order valence-corrected chi connectivity index (χ0v) is 11.9. The molecule has 1 saturated heterocycles. The maximum Gasteiger partial charge on any atom is 0.228 e. The van der Waals surface area contributed by atoms with Crippen LogP contribution in [0.5, 0.6) is 5.75 Å². The van der Waals surface area contributed by atoms with Crippen molar-refractivity contribution in [2.75, 3.05) is 18.6 Å². The van der Waals surface area contributed by atoms with E-state index in [0.717, 1.165) is 10.2 Å². The van der Waals surface area contributed by atoms with Crippen LogP contribution in [-0.2, 0) is 4.79 Å². The number of carbonyl (C=O) groups is 1. The lowest BCUT2D eigenvalue weighted by Gasteiger charge is -2.20. The van der Waals surface area contributed by atoms with Crippen molar-refractivity contribution in [1.29, 1.82) is 0 Å². The number of halogens is 2. The first-order chi connectivity index (χ1) is 7.63. The minimum Gasteiger partial charge on any atom is -0.495 e. The third-order valence-electron chi connectivity index (χ3n) is 2.52. The summed E-state index contributed by atoms with van der Waals surface area (Å²) in [6, 6.07) is 5.65. The fourth-order valence-electron chi connectivity index (χ4n) is 1.80. The number of methoxy groups -OCH3 is 1. The molecular formula is C11H11Br2NO2. The van der Waals surface area contributed by atoms with Crippen molar-refractivity contribution >= 4 is 43.5 Å². The fourth-order valence-corrected chi connectivity index (χ4v) is 2.93. The van der Waals surface area contributed by atoms with Gasteiger partial charge in [0.2, 0.25) is 5.91 Å². The topological polar surface area (TPSA) is 29.5 Å². The summed E-state index contributed by atoms with van der Waals surface area (Å²) >= 11 is 6.92. The van der Waals surface area contributed by atoms with Crippen LogP contribution in [0, 0.1) is 0 Å². The summed E-state index contributed by atoms with van der Waals surface area (Å²) in [5.41, 5.74) is 0.817. The highest BCUT2D eigenvalue weighted by Gasteiger charge is 2.31. The minimum atomic E-state index is 0.118. The van der Waals surface area contributed by atoms with Crippen molar-refractivity contribution in [1.82, 2.24) is 0 Å². The molecule has 3 nitrogen and oxygen atoms in total. The van der Waals surface area contributed by atoms with Gasteiger partial charge in [0.25, 0.3) is 0 Å². The standard InChI is InChI=1S/C11H11Br2NO2/c1-16-9-4-2-3-8(13)11(9)14-6-7(12)5-10(14)15/h2-4,7H,5-6H2,1H3. The molecule has 0 saturated carbocycles.